The fraction of sp³-hybridized carbons (Fsp3) is 0.238. The maximum atomic E-state index is 12.2. The molecule has 1 amide bonds. The van der Waals surface area contributed by atoms with Crippen molar-refractivity contribution in [3.05, 3.63) is 54.1 Å². The van der Waals surface area contributed by atoms with Crippen molar-refractivity contribution < 1.29 is 28.5 Å². The fourth-order valence-corrected chi connectivity index (χ4v) is 2.30. The molecule has 148 valence electrons. The van der Waals surface area contributed by atoms with Gasteiger partial charge in [0.25, 0.3) is 5.91 Å². The predicted molar refractivity (Wildman–Crippen MR) is 106 cm³/mol. The average molecular weight is 385 g/mol. The number of rotatable bonds is 8. The molecule has 0 spiro atoms. The molecule has 1 N–H and O–H groups in total. The van der Waals surface area contributed by atoms with Crippen LogP contribution >= 0.6 is 0 Å². The monoisotopic (exact) mass is 385 g/mol. The van der Waals surface area contributed by atoms with Gasteiger partial charge in [-0.1, -0.05) is 0 Å². The van der Waals surface area contributed by atoms with E-state index in [0.29, 0.717) is 28.5 Å². The summed E-state index contributed by atoms with van der Waals surface area (Å²) in [5.41, 5.74) is 1.25. The zero-order valence-corrected chi connectivity index (χ0v) is 16.2. The van der Waals surface area contributed by atoms with Gasteiger partial charge in [-0.05, 0) is 49.4 Å². The molecule has 2 aromatic carbocycles. The predicted octanol–water partition coefficient (Wildman–Crippen LogP) is 3.30. The van der Waals surface area contributed by atoms with E-state index in [1.165, 1.54) is 20.1 Å². The molecule has 0 aliphatic rings. The molecule has 0 saturated heterocycles. The number of amides is 1. The lowest BCUT2D eigenvalue weighted by atomic mass is 10.1. The second kappa shape index (κ2) is 10.0. The van der Waals surface area contributed by atoms with Crippen LogP contribution in [0.5, 0.6) is 17.2 Å². The SMILES string of the molecule is COc1ccc(NC(=O)[C@H](C)OC(=O)/C=C/c2ccc(OC)cc2OC)cc1. The number of carbonyl (C=O) groups is 2. The van der Waals surface area contributed by atoms with Crippen LogP contribution in [0.1, 0.15) is 12.5 Å². The van der Waals surface area contributed by atoms with Gasteiger partial charge >= 0.3 is 5.97 Å². The summed E-state index contributed by atoms with van der Waals surface area (Å²) < 4.78 is 20.6. The first kappa shape index (κ1) is 20.8. The van der Waals surface area contributed by atoms with E-state index in [-0.39, 0.29) is 0 Å². The first-order chi connectivity index (χ1) is 13.5. The Labute approximate surface area is 163 Å². The third-order valence-electron chi connectivity index (χ3n) is 3.86. The van der Waals surface area contributed by atoms with Gasteiger partial charge in [-0.25, -0.2) is 4.79 Å². The lowest BCUT2D eigenvalue weighted by Gasteiger charge is -2.12. The summed E-state index contributed by atoms with van der Waals surface area (Å²) in [4.78, 5) is 24.2. The Morgan fingerprint density at radius 1 is 0.929 bits per heavy atom. The van der Waals surface area contributed by atoms with E-state index >= 15 is 0 Å². The highest BCUT2D eigenvalue weighted by molar-refractivity contribution is 5.96. The van der Waals surface area contributed by atoms with Gasteiger partial charge in [-0.15, -0.1) is 0 Å². The molecule has 2 rings (SSSR count). The van der Waals surface area contributed by atoms with Crippen LogP contribution in [0.3, 0.4) is 0 Å². The number of carbonyl (C=O) groups excluding carboxylic acids is 2. The van der Waals surface area contributed by atoms with Gasteiger partial charge in [0.05, 0.1) is 21.3 Å². The molecule has 0 aliphatic heterocycles. The number of methoxy groups -OCH3 is 3. The van der Waals surface area contributed by atoms with Gasteiger partial charge in [0, 0.05) is 23.4 Å². The minimum absolute atomic E-state index is 0.436. The molecule has 0 radical (unpaired) electrons. The van der Waals surface area contributed by atoms with Crippen LogP contribution in [0.15, 0.2) is 48.5 Å². The highest BCUT2D eigenvalue weighted by Crippen LogP contribution is 2.25. The third kappa shape index (κ3) is 5.77. The second-order valence-corrected chi connectivity index (χ2v) is 5.74. The Morgan fingerprint density at radius 3 is 2.18 bits per heavy atom. The molecule has 1 atom stereocenters. The van der Waals surface area contributed by atoms with Crippen LogP contribution in [0.2, 0.25) is 0 Å². The van der Waals surface area contributed by atoms with Gasteiger partial charge in [-0.2, -0.15) is 0 Å². The third-order valence-corrected chi connectivity index (χ3v) is 3.86. The quantitative estimate of drug-likeness (QED) is 0.555. The first-order valence-corrected chi connectivity index (χ1v) is 8.52. The standard InChI is InChI=1S/C21H23NO6/c1-14(21(24)22-16-7-10-17(25-2)11-8-16)28-20(23)12-6-15-5-9-18(26-3)13-19(15)27-4/h5-14H,1-4H3,(H,22,24)/b12-6+/t14-/m0/s1. The van der Waals surface area contributed by atoms with Crippen LogP contribution in [-0.2, 0) is 14.3 Å². The van der Waals surface area contributed by atoms with E-state index in [0.717, 1.165) is 0 Å². The molecule has 7 heteroatoms. The van der Waals surface area contributed by atoms with Crippen molar-refractivity contribution in [3.63, 3.8) is 0 Å². The van der Waals surface area contributed by atoms with E-state index < -0.39 is 18.0 Å². The van der Waals surface area contributed by atoms with E-state index in [9.17, 15) is 9.59 Å². The number of ether oxygens (including phenoxy) is 4. The second-order valence-electron chi connectivity index (χ2n) is 5.74. The van der Waals surface area contributed by atoms with Crippen LogP contribution < -0.4 is 19.5 Å². The number of hydrogen-bond acceptors (Lipinski definition) is 6. The van der Waals surface area contributed by atoms with E-state index in [1.807, 2.05) is 0 Å². The highest BCUT2D eigenvalue weighted by atomic mass is 16.5. The van der Waals surface area contributed by atoms with E-state index in [4.69, 9.17) is 18.9 Å². The van der Waals surface area contributed by atoms with Gasteiger partial charge in [0.15, 0.2) is 6.10 Å². The lowest BCUT2D eigenvalue weighted by Crippen LogP contribution is -2.29. The summed E-state index contributed by atoms with van der Waals surface area (Å²) in [6, 6.07) is 12.0. The maximum absolute atomic E-state index is 12.2. The van der Waals surface area contributed by atoms with Crippen molar-refractivity contribution in [3.8, 4) is 17.2 Å². The Morgan fingerprint density at radius 2 is 1.57 bits per heavy atom. The topological polar surface area (TPSA) is 83.1 Å². The zero-order valence-electron chi connectivity index (χ0n) is 16.2. The number of benzene rings is 2. The summed E-state index contributed by atoms with van der Waals surface area (Å²) >= 11 is 0. The molecule has 0 aliphatic carbocycles. The van der Waals surface area contributed by atoms with Crippen molar-refractivity contribution in [2.75, 3.05) is 26.6 Å². The van der Waals surface area contributed by atoms with Gasteiger partial charge in [0.2, 0.25) is 0 Å². The van der Waals surface area contributed by atoms with Crippen molar-refractivity contribution in [2.45, 2.75) is 13.0 Å². The van der Waals surface area contributed by atoms with Crippen molar-refractivity contribution >= 4 is 23.6 Å². The normalized spacial score (nSPS) is 11.6. The highest BCUT2D eigenvalue weighted by Gasteiger charge is 2.16. The molecule has 0 heterocycles. The Hall–Kier alpha value is -3.48. The first-order valence-electron chi connectivity index (χ1n) is 8.52. The van der Waals surface area contributed by atoms with E-state index in [1.54, 1.807) is 62.8 Å². The molecular formula is C21H23NO6. The summed E-state index contributed by atoms with van der Waals surface area (Å²) in [5.74, 6) is 0.787. The number of anilines is 1. The largest absolute Gasteiger partial charge is 0.497 e. The van der Waals surface area contributed by atoms with Crippen LogP contribution in [0, 0.1) is 0 Å². The molecule has 0 bridgehead atoms. The minimum atomic E-state index is -0.961. The zero-order chi connectivity index (χ0) is 20.5. The Bertz CT molecular complexity index is 844. The molecule has 7 nitrogen and oxygen atoms in total. The van der Waals surface area contributed by atoms with Crippen LogP contribution in [-0.4, -0.2) is 39.3 Å². The summed E-state index contributed by atoms with van der Waals surface area (Å²) in [5, 5.41) is 2.67. The molecule has 2 aromatic rings. The Kier molecular flexibility index (Phi) is 7.45. The summed E-state index contributed by atoms with van der Waals surface area (Å²) in [7, 11) is 4.64. The number of esters is 1. The Balaban J connectivity index is 1.94. The molecular weight excluding hydrogens is 362 g/mol. The molecule has 0 fully saturated rings. The maximum Gasteiger partial charge on any atom is 0.331 e. The van der Waals surface area contributed by atoms with Crippen molar-refractivity contribution in [1.82, 2.24) is 0 Å². The molecule has 0 aromatic heterocycles. The van der Waals surface area contributed by atoms with Gasteiger partial charge in [0.1, 0.15) is 17.2 Å². The average Bonchev–Trinajstić information content (AvgIpc) is 2.72. The number of nitrogens with one attached hydrogen (secondary N) is 1. The fourth-order valence-electron chi connectivity index (χ4n) is 2.30. The van der Waals surface area contributed by atoms with Crippen LogP contribution in [0.4, 0.5) is 5.69 Å². The van der Waals surface area contributed by atoms with Crippen molar-refractivity contribution in [1.29, 1.82) is 0 Å². The minimum Gasteiger partial charge on any atom is -0.497 e. The van der Waals surface area contributed by atoms with Gasteiger partial charge in [-0.3, -0.25) is 4.79 Å². The van der Waals surface area contributed by atoms with Crippen molar-refractivity contribution in [2.24, 2.45) is 0 Å². The molecule has 0 unspecified atom stereocenters. The summed E-state index contributed by atoms with van der Waals surface area (Å²) in [6.07, 6.45) is 1.83. The van der Waals surface area contributed by atoms with Crippen LogP contribution in [0.25, 0.3) is 6.08 Å². The van der Waals surface area contributed by atoms with Gasteiger partial charge < -0.3 is 24.3 Å². The lowest BCUT2D eigenvalue weighted by molar-refractivity contribution is -0.148. The summed E-state index contributed by atoms with van der Waals surface area (Å²) in [6.45, 7) is 1.50. The van der Waals surface area contributed by atoms with E-state index in [2.05, 4.69) is 5.32 Å². The molecule has 0 saturated carbocycles. The smallest absolute Gasteiger partial charge is 0.331 e. The number of hydrogen-bond donors (Lipinski definition) is 1. The molecule has 28 heavy (non-hydrogen) atoms.